The topological polar surface area (TPSA) is 57.6 Å². The van der Waals surface area contributed by atoms with Gasteiger partial charge in [-0.05, 0) is 32.1 Å². The molecule has 150 valence electrons. The molecule has 0 aromatic rings. The zero-order chi connectivity index (χ0) is 18.8. The zero-order valence-corrected chi connectivity index (χ0v) is 16.5. The molecule has 0 aromatic heterocycles. The average Bonchev–Trinajstić information content (AvgIpc) is 2.57. The number of rotatable bonds is 17. The van der Waals surface area contributed by atoms with Gasteiger partial charge >= 0.3 is 43.7 Å². The summed E-state index contributed by atoms with van der Waals surface area (Å²) in [6, 6.07) is 0. The molecule has 0 aliphatic carbocycles. The molecular weight excluding hydrogens is 354 g/mol. The van der Waals surface area contributed by atoms with Gasteiger partial charge in [-0.2, -0.15) is 0 Å². The van der Waals surface area contributed by atoms with E-state index in [0.717, 1.165) is 25.7 Å². The van der Waals surface area contributed by atoms with Crippen molar-refractivity contribution >= 4 is 49.6 Å². The quantitative estimate of drug-likeness (QED) is 0.221. The molecule has 0 aromatic carbocycles. The third-order valence-electron chi connectivity index (χ3n) is 4.45. The summed E-state index contributed by atoms with van der Waals surface area (Å²) in [5.41, 5.74) is 0. The Kier molecular flexibility index (Phi) is 23.0. The molecule has 0 atom stereocenters. The summed E-state index contributed by atoms with van der Waals surface area (Å²) in [6.45, 7) is 2.05. The molecule has 0 rings (SSSR count). The average molecular weight is 396 g/mol. The summed E-state index contributed by atoms with van der Waals surface area (Å²) in [7, 11) is 1.55. The van der Waals surface area contributed by atoms with Crippen molar-refractivity contribution in [3.05, 3.63) is 12.2 Å². The molecule has 4 nitrogen and oxygen atoms in total. The molecule has 0 aliphatic heterocycles. The Hall–Kier alpha value is -0.0603. The molecule has 1 N–H and O–H groups in total. The molecule has 0 aliphatic rings. The first-order valence-electron chi connectivity index (χ1n) is 10.2. The summed E-state index contributed by atoms with van der Waals surface area (Å²) in [4.78, 5) is 23.5. The fourth-order valence-corrected chi connectivity index (χ4v) is 2.83. The molecule has 0 unspecified atom stereocenters. The maximum atomic E-state index is 11.7. The van der Waals surface area contributed by atoms with Crippen LogP contribution in [0.1, 0.15) is 96.8 Å². The van der Waals surface area contributed by atoms with Crippen molar-refractivity contribution in [2.24, 2.45) is 0 Å². The maximum absolute atomic E-state index is 11.7. The van der Waals surface area contributed by atoms with Gasteiger partial charge in [-0.25, -0.2) is 0 Å². The van der Waals surface area contributed by atoms with Crippen LogP contribution in [0.15, 0.2) is 12.2 Å². The number of hydrogen-bond donors (Lipinski definition) is 1. The van der Waals surface area contributed by atoms with Gasteiger partial charge in [0.15, 0.2) is 0 Å². The van der Waals surface area contributed by atoms with Gasteiger partial charge in [-0.3, -0.25) is 9.59 Å². The monoisotopic (exact) mass is 395 g/mol. The molecule has 0 bridgehead atoms. The van der Waals surface area contributed by atoms with Gasteiger partial charge < -0.3 is 10.0 Å². The Balaban J connectivity index is 0. The van der Waals surface area contributed by atoms with E-state index < -0.39 is 5.97 Å². The first kappa shape index (κ1) is 28.2. The van der Waals surface area contributed by atoms with Crippen molar-refractivity contribution in [1.82, 2.24) is 4.90 Å². The zero-order valence-electron chi connectivity index (χ0n) is 16.5. The van der Waals surface area contributed by atoms with Crippen LogP contribution < -0.4 is 0 Å². The first-order valence-corrected chi connectivity index (χ1v) is 10.2. The molecule has 0 saturated heterocycles. The number of carboxylic acids is 1. The summed E-state index contributed by atoms with van der Waals surface area (Å²) >= 11 is 0. The normalized spacial score (nSPS) is 10.7. The number of nitrogens with zero attached hydrogens (tertiary/aromatic N) is 1. The molecule has 0 radical (unpaired) electrons. The molecule has 26 heavy (non-hydrogen) atoms. The van der Waals surface area contributed by atoms with Crippen LogP contribution in [0.5, 0.6) is 0 Å². The van der Waals surface area contributed by atoms with Gasteiger partial charge in [0.25, 0.3) is 0 Å². The fraction of sp³-hybridized carbons (Fsp3) is 0.810. The number of hydrogen-bond acceptors (Lipinski definition) is 2. The van der Waals surface area contributed by atoms with Crippen molar-refractivity contribution in [1.29, 1.82) is 0 Å². The number of allylic oxidation sites excluding steroid dienone is 2. The summed E-state index contributed by atoms with van der Waals surface area (Å²) in [5.74, 6) is -1.03. The predicted octanol–water partition coefficient (Wildman–Crippen LogP) is 4.65. The van der Waals surface area contributed by atoms with Gasteiger partial charge in [0.05, 0.1) is 0 Å². The van der Waals surface area contributed by atoms with Crippen LogP contribution in [0.2, 0.25) is 0 Å². The Morgan fingerprint density at radius 3 is 1.77 bits per heavy atom. The number of carbonyl (C=O) groups is 2. The van der Waals surface area contributed by atoms with Crippen LogP contribution >= 0.6 is 0 Å². The van der Waals surface area contributed by atoms with Crippen molar-refractivity contribution < 1.29 is 14.7 Å². The molecular formula is C21H41CaNO3. The molecule has 1 amide bonds. The Morgan fingerprint density at radius 1 is 0.808 bits per heavy atom. The summed E-state index contributed by atoms with van der Waals surface area (Å²) < 4.78 is 0. The fourth-order valence-electron chi connectivity index (χ4n) is 2.83. The van der Waals surface area contributed by atoms with E-state index in [-0.39, 0.29) is 50.2 Å². The van der Waals surface area contributed by atoms with Crippen LogP contribution in [-0.4, -0.2) is 73.2 Å². The number of likely N-dealkylation sites (N-methyl/N-ethyl adjacent to an activating group) is 1. The van der Waals surface area contributed by atoms with E-state index in [4.69, 9.17) is 5.11 Å². The Morgan fingerprint density at radius 2 is 1.27 bits per heavy atom. The van der Waals surface area contributed by atoms with E-state index in [9.17, 15) is 9.59 Å². The van der Waals surface area contributed by atoms with Gasteiger partial charge in [0.1, 0.15) is 6.54 Å². The summed E-state index contributed by atoms with van der Waals surface area (Å²) in [6.07, 6.45) is 21.1. The standard InChI is InChI=1S/C21H39NO3.Ca.2H/c1-3-4-5-6-7-8-9-10-11-12-13-14-15-16-17-18-20(23)22(2)19-21(24)25;;;/h10-11H,3-9,12-19H2,1-2H3,(H,24,25);;;/b11-10-;;;. The predicted molar refractivity (Wildman–Crippen MR) is 113 cm³/mol. The van der Waals surface area contributed by atoms with Gasteiger partial charge in [-0.1, -0.05) is 70.4 Å². The molecule has 0 fully saturated rings. The summed E-state index contributed by atoms with van der Waals surface area (Å²) in [5, 5.41) is 8.64. The molecule has 0 saturated carbocycles. The third-order valence-corrected chi connectivity index (χ3v) is 4.45. The number of amides is 1. The van der Waals surface area contributed by atoms with Crippen LogP contribution in [0.3, 0.4) is 0 Å². The second kappa shape index (κ2) is 21.2. The van der Waals surface area contributed by atoms with Crippen molar-refractivity contribution in [3.8, 4) is 0 Å². The van der Waals surface area contributed by atoms with Crippen LogP contribution in [-0.2, 0) is 9.59 Å². The van der Waals surface area contributed by atoms with E-state index in [0.29, 0.717) is 6.42 Å². The second-order valence-corrected chi connectivity index (χ2v) is 6.98. The van der Waals surface area contributed by atoms with E-state index in [1.165, 1.54) is 62.7 Å². The van der Waals surface area contributed by atoms with Crippen molar-refractivity contribution in [2.45, 2.75) is 96.8 Å². The van der Waals surface area contributed by atoms with E-state index in [1.807, 2.05) is 0 Å². The number of unbranched alkanes of at least 4 members (excludes halogenated alkanes) is 11. The van der Waals surface area contributed by atoms with Gasteiger partial charge in [0.2, 0.25) is 5.91 Å². The molecule has 5 heteroatoms. The number of carboxylic acid groups (broad SMARTS) is 1. The Labute approximate surface area is 190 Å². The van der Waals surface area contributed by atoms with E-state index in [1.54, 1.807) is 7.05 Å². The minimum atomic E-state index is -0.958. The van der Waals surface area contributed by atoms with E-state index >= 15 is 0 Å². The van der Waals surface area contributed by atoms with Crippen LogP contribution in [0.4, 0.5) is 0 Å². The minimum absolute atomic E-state index is 0. The van der Waals surface area contributed by atoms with Crippen LogP contribution in [0, 0.1) is 0 Å². The number of carbonyl (C=O) groups excluding carboxylic acids is 1. The Bertz CT molecular complexity index is 372. The van der Waals surface area contributed by atoms with Crippen LogP contribution in [0.25, 0.3) is 0 Å². The van der Waals surface area contributed by atoms with E-state index in [2.05, 4.69) is 19.1 Å². The number of aliphatic carboxylic acids is 1. The van der Waals surface area contributed by atoms with Gasteiger partial charge in [0, 0.05) is 13.5 Å². The van der Waals surface area contributed by atoms with Crippen molar-refractivity contribution in [3.63, 3.8) is 0 Å². The molecule has 0 heterocycles. The van der Waals surface area contributed by atoms with Crippen molar-refractivity contribution in [2.75, 3.05) is 13.6 Å². The SMILES string of the molecule is CCCCCCCC/C=C\CCCCCCCC(=O)N(C)CC(=O)O.[CaH2]. The molecule has 0 spiro atoms. The first-order chi connectivity index (χ1) is 12.1. The van der Waals surface area contributed by atoms with Gasteiger partial charge in [-0.15, -0.1) is 0 Å². The third kappa shape index (κ3) is 20.3. The second-order valence-electron chi connectivity index (χ2n) is 6.98.